The molecule has 9 heteroatoms. The minimum atomic E-state index is -1.22. The Morgan fingerprint density at radius 1 is 1.31 bits per heavy atom. The molecule has 9 nitrogen and oxygen atoms in total. The van der Waals surface area contributed by atoms with Crippen LogP contribution in [0.2, 0.25) is 0 Å². The van der Waals surface area contributed by atoms with E-state index in [9.17, 15) is 19.2 Å². The first-order valence-electron chi connectivity index (χ1n) is 9.11. The van der Waals surface area contributed by atoms with Gasteiger partial charge in [0.15, 0.2) is 0 Å². The van der Waals surface area contributed by atoms with E-state index in [2.05, 4.69) is 11.9 Å². The molecule has 2 rings (SSSR count). The maximum absolute atomic E-state index is 12.6. The average Bonchev–Trinajstić information content (AvgIpc) is 3.15. The van der Waals surface area contributed by atoms with Crippen LogP contribution in [0.4, 0.5) is 4.79 Å². The summed E-state index contributed by atoms with van der Waals surface area (Å²) in [6.45, 7) is 3.90. The number of hydrogen-bond donors (Lipinski definition) is 2. The summed E-state index contributed by atoms with van der Waals surface area (Å²) in [5.41, 5.74) is 0.948. The minimum absolute atomic E-state index is 0.0187. The van der Waals surface area contributed by atoms with E-state index in [1.54, 1.807) is 0 Å². The van der Waals surface area contributed by atoms with Crippen molar-refractivity contribution in [1.82, 2.24) is 10.2 Å². The molecule has 0 spiro atoms. The van der Waals surface area contributed by atoms with Crippen LogP contribution in [0.5, 0.6) is 0 Å². The van der Waals surface area contributed by atoms with E-state index in [0.29, 0.717) is 12.9 Å². The van der Waals surface area contributed by atoms with E-state index >= 15 is 0 Å². The van der Waals surface area contributed by atoms with Crippen molar-refractivity contribution in [2.75, 3.05) is 13.2 Å². The fourth-order valence-corrected chi connectivity index (χ4v) is 2.97. The number of amides is 2. The van der Waals surface area contributed by atoms with Crippen LogP contribution in [0.25, 0.3) is 0 Å². The van der Waals surface area contributed by atoms with Gasteiger partial charge in [-0.3, -0.25) is 14.5 Å². The molecule has 1 saturated heterocycles. The smallest absolute Gasteiger partial charge is 0.410 e. The fourth-order valence-electron chi connectivity index (χ4n) is 2.97. The quantitative estimate of drug-likeness (QED) is 0.443. The molecule has 0 aromatic heterocycles. The zero-order valence-electron chi connectivity index (χ0n) is 15.9. The number of rotatable bonds is 10. The standard InChI is InChI=1S/C20H24N2O7/c1-2-8-28-20(27)22-11-16(29-13-14-6-4-3-5-7-14)10-17(22)19(26)21-15(12-23)9-18(24)25/h2-7,12,15-17H,1,8-11,13H2,(H,21,26)(H,24,25)/t15?,16?,17-/m0/s1. The molecule has 0 bridgehead atoms. The zero-order chi connectivity index (χ0) is 21.2. The average molecular weight is 404 g/mol. The van der Waals surface area contributed by atoms with Crippen LogP contribution in [0.15, 0.2) is 43.0 Å². The molecule has 1 aromatic rings. The summed E-state index contributed by atoms with van der Waals surface area (Å²) in [5.74, 6) is -1.86. The molecular weight excluding hydrogens is 380 g/mol. The summed E-state index contributed by atoms with van der Waals surface area (Å²) < 4.78 is 10.9. The third kappa shape index (κ3) is 6.72. The van der Waals surface area contributed by atoms with Gasteiger partial charge in [0.25, 0.3) is 0 Å². The van der Waals surface area contributed by atoms with Gasteiger partial charge >= 0.3 is 12.1 Å². The molecule has 2 unspecified atom stereocenters. The first-order valence-corrected chi connectivity index (χ1v) is 9.11. The highest BCUT2D eigenvalue weighted by atomic mass is 16.6. The Bertz CT molecular complexity index is 738. The molecule has 1 aliphatic heterocycles. The molecule has 0 radical (unpaired) electrons. The lowest BCUT2D eigenvalue weighted by atomic mass is 10.1. The number of carbonyl (C=O) groups is 4. The lowest BCUT2D eigenvalue weighted by Crippen LogP contribution is -2.49. The zero-order valence-corrected chi connectivity index (χ0v) is 15.9. The van der Waals surface area contributed by atoms with E-state index in [4.69, 9.17) is 14.6 Å². The van der Waals surface area contributed by atoms with Gasteiger partial charge in [-0.05, 0) is 5.56 Å². The number of aldehydes is 1. The minimum Gasteiger partial charge on any atom is -0.481 e. The van der Waals surface area contributed by atoms with Crippen LogP contribution in [-0.4, -0.2) is 65.6 Å². The Morgan fingerprint density at radius 2 is 2.03 bits per heavy atom. The Morgan fingerprint density at radius 3 is 2.66 bits per heavy atom. The second-order valence-electron chi connectivity index (χ2n) is 6.54. The van der Waals surface area contributed by atoms with Crippen molar-refractivity contribution in [2.24, 2.45) is 0 Å². The third-order valence-electron chi connectivity index (χ3n) is 4.34. The summed E-state index contributed by atoms with van der Waals surface area (Å²) in [5, 5.41) is 11.2. The van der Waals surface area contributed by atoms with Crippen molar-refractivity contribution in [1.29, 1.82) is 0 Å². The van der Waals surface area contributed by atoms with Crippen LogP contribution in [-0.2, 0) is 30.5 Å². The molecule has 0 aliphatic carbocycles. The molecule has 1 aliphatic rings. The third-order valence-corrected chi connectivity index (χ3v) is 4.34. The maximum Gasteiger partial charge on any atom is 0.410 e. The SMILES string of the molecule is C=CCOC(=O)N1CC(OCc2ccccc2)C[C@H]1C(=O)NC(C=O)CC(=O)O. The number of carboxylic acids is 1. The molecule has 1 aromatic carbocycles. The number of aliphatic carboxylic acids is 1. The molecule has 0 saturated carbocycles. The Kier molecular flexibility index (Phi) is 8.35. The van der Waals surface area contributed by atoms with Gasteiger partial charge in [-0.1, -0.05) is 43.0 Å². The van der Waals surface area contributed by atoms with E-state index in [-0.39, 0.29) is 19.6 Å². The number of benzene rings is 1. The van der Waals surface area contributed by atoms with Crippen molar-refractivity contribution >= 4 is 24.3 Å². The molecule has 2 N–H and O–H groups in total. The summed E-state index contributed by atoms with van der Waals surface area (Å²) in [4.78, 5) is 48.0. The van der Waals surface area contributed by atoms with Gasteiger partial charge in [0, 0.05) is 6.42 Å². The van der Waals surface area contributed by atoms with Crippen molar-refractivity contribution in [3.05, 3.63) is 48.6 Å². The predicted molar refractivity (Wildman–Crippen MR) is 102 cm³/mol. The summed E-state index contributed by atoms with van der Waals surface area (Å²) in [6, 6.07) is 7.32. The number of carboxylic acid groups (broad SMARTS) is 1. The molecule has 156 valence electrons. The predicted octanol–water partition coefficient (Wildman–Crippen LogP) is 1.13. The van der Waals surface area contributed by atoms with E-state index < -0.39 is 42.6 Å². The summed E-state index contributed by atoms with van der Waals surface area (Å²) in [6.07, 6.45) is 0.275. The number of nitrogens with zero attached hydrogens (tertiary/aromatic N) is 1. The molecular formula is C20H24N2O7. The van der Waals surface area contributed by atoms with Gasteiger partial charge in [-0.2, -0.15) is 0 Å². The second kappa shape index (κ2) is 11.0. The number of likely N-dealkylation sites (tertiary alicyclic amines) is 1. The maximum atomic E-state index is 12.6. The van der Waals surface area contributed by atoms with Crippen LogP contribution in [0.1, 0.15) is 18.4 Å². The largest absolute Gasteiger partial charge is 0.481 e. The van der Waals surface area contributed by atoms with Crippen LogP contribution >= 0.6 is 0 Å². The van der Waals surface area contributed by atoms with Crippen LogP contribution in [0.3, 0.4) is 0 Å². The Hall–Kier alpha value is -3.20. The molecule has 1 heterocycles. The van der Waals surface area contributed by atoms with Crippen molar-refractivity contribution < 1.29 is 33.8 Å². The van der Waals surface area contributed by atoms with Crippen LogP contribution < -0.4 is 5.32 Å². The monoisotopic (exact) mass is 404 g/mol. The van der Waals surface area contributed by atoms with Crippen molar-refractivity contribution in [2.45, 2.75) is 37.6 Å². The lowest BCUT2D eigenvalue weighted by molar-refractivity contribution is -0.139. The van der Waals surface area contributed by atoms with E-state index in [0.717, 1.165) is 5.56 Å². The highest BCUT2D eigenvalue weighted by molar-refractivity contribution is 5.89. The Labute approximate surface area is 168 Å². The normalized spacial score (nSPS) is 19.2. The molecule has 3 atom stereocenters. The topological polar surface area (TPSA) is 122 Å². The second-order valence-corrected chi connectivity index (χ2v) is 6.54. The van der Waals surface area contributed by atoms with Gasteiger partial charge in [-0.15, -0.1) is 0 Å². The van der Waals surface area contributed by atoms with Gasteiger partial charge in [0.2, 0.25) is 5.91 Å². The van der Waals surface area contributed by atoms with Crippen LogP contribution in [0, 0.1) is 0 Å². The van der Waals surface area contributed by atoms with Gasteiger partial charge in [0.1, 0.15) is 18.9 Å². The van der Waals surface area contributed by atoms with E-state index in [1.807, 2.05) is 30.3 Å². The number of ether oxygens (including phenoxy) is 2. The lowest BCUT2D eigenvalue weighted by Gasteiger charge is -2.23. The molecule has 29 heavy (non-hydrogen) atoms. The van der Waals surface area contributed by atoms with Crippen molar-refractivity contribution in [3.8, 4) is 0 Å². The highest BCUT2D eigenvalue weighted by Gasteiger charge is 2.41. The fraction of sp³-hybridized carbons (Fsp3) is 0.400. The molecule has 2 amide bonds. The highest BCUT2D eigenvalue weighted by Crippen LogP contribution is 2.23. The van der Waals surface area contributed by atoms with E-state index in [1.165, 1.54) is 11.0 Å². The number of carbonyl (C=O) groups excluding carboxylic acids is 3. The summed E-state index contributed by atoms with van der Waals surface area (Å²) >= 11 is 0. The number of nitrogens with one attached hydrogen (secondary N) is 1. The van der Waals surface area contributed by atoms with Gasteiger partial charge < -0.3 is 24.7 Å². The van der Waals surface area contributed by atoms with Gasteiger partial charge in [-0.25, -0.2) is 4.79 Å². The molecule has 1 fully saturated rings. The summed E-state index contributed by atoms with van der Waals surface area (Å²) in [7, 11) is 0. The Balaban J connectivity index is 2.04. The first-order chi connectivity index (χ1) is 13.9. The van der Waals surface area contributed by atoms with Crippen molar-refractivity contribution in [3.63, 3.8) is 0 Å². The first kappa shape index (κ1) is 22.1. The number of hydrogen-bond acceptors (Lipinski definition) is 6. The van der Waals surface area contributed by atoms with Gasteiger partial charge in [0.05, 0.1) is 31.7 Å².